The predicted molar refractivity (Wildman–Crippen MR) is 98.6 cm³/mol. The SMILES string of the molecule is COC(=O)c1cn(C2CCCN(Cc3cccnc3)C2)cc2c(=O)[nH]nc1-2. The van der Waals surface area contributed by atoms with Crippen molar-refractivity contribution >= 4 is 5.97 Å². The first-order valence-electron chi connectivity index (χ1n) is 8.95. The van der Waals surface area contributed by atoms with Gasteiger partial charge in [-0.1, -0.05) is 6.07 Å². The molecule has 3 aliphatic heterocycles. The number of nitrogens with zero attached hydrogens (tertiary/aromatic N) is 4. The molecule has 0 aliphatic carbocycles. The number of carbonyl (C=O) groups is 1. The van der Waals surface area contributed by atoms with Crippen molar-refractivity contribution < 1.29 is 9.53 Å². The summed E-state index contributed by atoms with van der Waals surface area (Å²) >= 11 is 0. The van der Waals surface area contributed by atoms with Crippen LogP contribution in [0.3, 0.4) is 0 Å². The van der Waals surface area contributed by atoms with Crippen LogP contribution in [-0.4, -0.2) is 50.8 Å². The summed E-state index contributed by atoms with van der Waals surface area (Å²) in [5, 5.41) is 6.40. The summed E-state index contributed by atoms with van der Waals surface area (Å²) in [5.41, 5.74) is 1.93. The Bertz CT molecular complexity index is 965. The number of aromatic nitrogens is 4. The van der Waals surface area contributed by atoms with E-state index in [9.17, 15) is 9.59 Å². The predicted octanol–water partition coefficient (Wildman–Crippen LogP) is 1.69. The minimum Gasteiger partial charge on any atom is -0.465 e. The van der Waals surface area contributed by atoms with E-state index >= 15 is 0 Å². The van der Waals surface area contributed by atoms with Gasteiger partial charge in [-0.15, -0.1) is 0 Å². The maximum absolute atomic E-state index is 12.2. The van der Waals surface area contributed by atoms with Gasteiger partial charge in [0.05, 0.1) is 12.7 Å². The fourth-order valence-electron chi connectivity index (χ4n) is 3.69. The van der Waals surface area contributed by atoms with E-state index < -0.39 is 5.97 Å². The molecule has 1 N–H and O–H groups in total. The third-order valence-electron chi connectivity index (χ3n) is 5.02. The van der Waals surface area contributed by atoms with Gasteiger partial charge in [-0.3, -0.25) is 14.7 Å². The van der Waals surface area contributed by atoms with Crippen LogP contribution in [0.2, 0.25) is 0 Å². The Morgan fingerprint density at radius 1 is 1.41 bits per heavy atom. The summed E-state index contributed by atoms with van der Waals surface area (Å²) < 4.78 is 6.83. The third kappa shape index (κ3) is 3.48. The lowest BCUT2D eigenvalue weighted by atomic mass is 10.0. The summed E-state index contributed by atoms with van der Waals surface area (Å²) in [7, 11) is 1.33. The van der Waals surface area contributed by atoms with E-state index in [2.05, 4.69) is 26.1 Å². The molecule has 0 radical (unpaired) electrons. The topological polar surface area (TPSA) is 93.1 Å². The van der Waals surface area contributed by atoms with E-state index in [1.807, 2.05) is 16.8 Å². The molecule has 27 heavy (non-hydrogen) atoms. The van der Waals surface area contributed by atoms with Crippen LogP contribution in [-0.2, 0) is 11.3 Å². The van der Waals surface area contributed by atoms with Gasteiger partial charge in [0.2, 0.25) is 0 Å². The van der Waals surface area contributed by atoms with Gasteiger partial charge in [-0.2, -0.15) is 5.10 Å². The van der Waals surface area contributed by atoms with E-state index in [-0.39, 0.29) is 11.6 Å². The molecule has 3 aliphatic rings. The Hall–Kier alpha value is -3.00. The minimum atomic E-state index is -0.496. The highest BCUT2D eigenvalue weighted by atomic mass is 16.5. The Morgan fingerprint density at radius 3 is 3.07 bits per heavy atom. The Labute approximate surface area is 156 Å². The van der Waals surface area contributed by atoms with Crippen LogP contribution in [0.5, 0.6) is 0 Å². The lowest BCUT2D eigenvalue weighted by Crippen LogP contribution is -2.36. The van der Waals surface area contributed by atoms with Crippen molar-refractivity contribution in [1.29, 1.82) is 0 Å². The number of esters is 1. The summed E-state index contributed by atoms with van der Waals surface area (Å²) in [6, 6.07) is 4.18. The van der Waals surface area contributed by atoms with Crippen molar-refractivity contribution in [3.63, 3.8) is 0 Å². The summed E-state index contributed by atoms with van der Waals surface area (Å²) in [4.78, 5) is 30.8. The van der Waals surface area contributed by atoms with Crippen molar-refractivity contribution in [2.24, 2.45) is 0 Å². The summed E-state index contributed by atoms with van der Waals surface area (Å²) in [6.45, 7) is 2.67. The molecule has 1 atom stereocenters. The largest absolute Gasteiger partial charge is 0.465 e. The number of rotatable bonds is 4. The quantitative estimate of drug-likeness (QED) is 0.706. The molecule has 1 unspecified atom stereocenters. The van der Waals surface area contributed by atoms with Gasteiger partial charge >= 0.3 is 5.97 Å². The molecular formula is C19H21N5O3. The molecule has 1 saturated heterocycles. The maximum Gasteiger partial charge on any atom is 0.341 e. The maximum atomic E-state index is 12.2. The van der Waals surface area contributed by atoms with Gasteiger partial charge in [-0.25, -0.2) is 9.89 Å². The van der Waals surface area contributed by atoms with Crippen LogP contribution in [0.4, 0.5) is 0 Å². The monoisotopic (exact) mass is 367 g/mol. The zero-order chi connectivity index (χ0) is 18.8. The van der Waals surface area contributed by atoms with E-state index in [0.29, 0.717) is 16.8 Å². The number of aromatic amines is 1. The highest BCUT2D eigenvalue weighted by Gasteiger charge is 2.26. The van der Waals surface area contributed by atoms with Crippen LogP contribution in [0, 0.1) is 0 Å². The Balaban J connectivity index is 1.63. The number of pyridine rings is 2. The van der Waals surface area contributed by atoms with Gasteiger partial charge in [0, 0.05) is 43.9 Å². The fourth-order valence-corrected chi connectivity index (χ4v) is 3.69. The molecule has 8 heteroatoms. The lowest BCUT2D eigenvalue weighted by molar-refractivity contribution is 0.0599. The number of carbonyl (C=O) groups excluding carboxylic acids is 1. The second-order valence-corrected chi connectivity index (χ2v) is 6.82. The zero-order valence-corrected chi connectivity index (χ0v) is 15.1. The molecule has 0 aromatic carbocycles. The van der Waals surface area contributed by atoms with Crippen LogP contribution < -0.4 is 5.56 Å². The number of hydrogen-bond donors (Lipinski definition) is 1. The van der Waals surface area contributed by atoms with Crippen LogP contribution >= 0.6 is 0 Å². The first kappa shape index (κ1) is 17.4. The van der Waals surface area contributed by atoms with Gasteiger partial charge < -0.3 is 9.30 Å². The highest BCUT2D eigenvalue weighted by Crippen LogP contribution is 2.27. The van der Waals surface area contributed by atoms with Crippen molar-refractivity contribution in [3.05, 3.63) is 58.4 Å². The van der Waals surface area contributed by atoms with Crippen LogP contribution in [0.15, 0.2) is 41.7 Å². The molecule has 0 amide bonds. The highest BCUT2D eigenvalue weighted by molar-refractivity contribution is 5.95. The number of fused-ring (bicyclic) bond motifs is 1. The van der Waals surface area contributed by atoms with E-state index in [1.54, 1.807) is 18.6 Å². The Morgan fingerprint density at radius 2 is 2.30 bits per heavy atom. The molecule has 0 saturated carbocycles. The normalized spacial score (nSPS) is 17.9. The van der Waals surface area contributed by atoms with E-state index in [4.69, 9.17) is 4.74 Å². The second-order valence-electron chi connectivity index (χ2n) is 6.82. The number of nitrogens with one attached hydrogen (secondary N) is 1. The molecule has 1 fully saturated rings. The smallest absolute Gasteiger partial charge is 0.341 e. The lowest BCUT2D eigenvalue weighted by Gasteiger charge is -2.34. The average Bonchev–Trinajstić information content (AvgIpc) is 3.08. The molecular weight excluding hydrogens is 346 g/mol. The van der Waals surface area contributed by atoms with E-state index in [0.717, 1.165) is 32.5 Å². The molecule has 8 nitrogen and oxygen atoms in total. The van der Waals surface area contributed by atoms with Gasteiger partial charge in [-0.05, 0) is 31.0 Å². The fraction of sp³-hybridized carbons (Fsp3) is 0.368. The second kappa shape index (κ2) is 7.32. The minimum absolute atomic E-state index is 0.164. The summed E-state index contributed by atoms with van der Waals surface area (Å²) in [5.74, 6) is -0.496. The van der Waals surface area contributed by atoms with E-state index in [1.165, 1.54) is 12.7 Å². The van der Waals surface area contributed by atoms with Crippen molar-refractivity contribution in [1.82, 2.24) is 24.6 Å². The zero-order valence-electron chi connectivity index (χ0n) is 15.1. The van der Waals surface area contributed by atoms with Gasteiger partial charge in [0.1, 0.15) is 11.3 Å². The Kier molecular flexibility index (Phi) is 4.72. The molecule has 0 spiro atoms. The molecule has 0 bridgehead atoms. The standard InChI is InChI=1S/C19H21N5O3/c1-27-19(26)16-12-24(11-15-17(16)21-22-18(15)25)14-5-3-7-23(10-14)9-13-4-2-6-20-8-13/h2,4,6,8,11-12,14H,3,5,7,9-10H2,1H3,(H,22,25). The van der Waals surface area contributed by atoms with Crippen LogP contribution in [0.1, 0.15) is 34.8 Å². The van der Waals surface area contributed by atoms with Crippen LogP contribution in [0.25, 0.3) is 11.3 Å². The number of likely N-dealkylation sites (tertiary alicyclic amines) is 1. The average molecular weight is 367 g/mol. The first-order valence-corrected chi connectivity index (χ1v) is 8.95. The number of hydrogen-bond acceptors (Lipinski definition) is 6. The van der Waals surface area contributed by atoms with Crippen molar-refractivity contribution in [2.75, 3.05) is 20.2 Å². The number of piperidine rings is 1. The number of ether oxygens (including phenoxy) is 1. The van der Waals surface area contributed by atoms with Gasteiger partial charge in [0.15, 0.2) is 0 Å². The molecule has 140 valence electrons. The molecule has 1 aromatic rings. The van der Waals surface area contributed by atoms with Crippen molar-refractivity contribution in [3.8, 4) is 11.3 Å². The summed E-state index contributed by atoms with van der Waals surface area (Å²) in [6.07, 6.45) is 9.20. The number of methoxy groups -OCH3 is 1. The third-order valence-corrected chi connectivity index (χ3v) is 5.02. The molecule has 4 heterocycles. The van der Waals surface area contributed by atoms with Gasteiger partial charge in [0.25, 0.3) is 5.56 Å². The first-order chi connectivity index (χ1) is 13.2. The van der Waals surface area contributed by atoms with Crippen molar-refractivity contribution in [2.45, 2.75) is 25.4 Å². The molecule has 1 aromatic heterocycles. The molecule has 4 rings (SSSR count). The number of H-pyrrole nitrogens is 1.